The van der Waals surface area contributed by atoms with Crippen LogP contribution in [0.2, 0.25) is 0 Å². The summed E-state index contributed by atoms with van der Waals surface area (Å²) >= 11 is 1.83. The Balaban J connectivity index is 2.14. The lowest BCUT2D eigenvalue weighted by atomic mass is 9.96. The van der Waals surface area contributed by atoms with E-state index in [9.17, 15) is 0 Å². The second kappa shape index (κ2) is 6.83. The summed E-state index contributed by atoms with van der Waals surface area (Å²) in [7, 11) is 0. The molecule has 0 aliphatic carbocycles. The number of hydrogen-bond acceptors (Lipinski definition) is 3. The molecule has 0 radical (unpaired) electrons. The van der Waals surface area contributed by atoms with Crippen molar-refractivity contribution < 1.29 is 0 Å². The fourth-order valence-electron chi connectivity index (χ4n) is 2.19. The molecule has 3 heteroatoms. The normalized spacial score (nSPS) is 12.6. The van der Waals surface area contributed by atoms with Gasteiger partial charge in [0.25, 0.3) is 0 Å². The standard InChI is InChI=1S/C16H22N2S/c1-4-17-11-15(14-8-6-5-7-9-14)10-16-18-12(2)13(3)19-16/h5-9,15,17H,4,10-11H2,1-3H3. The smallest absolute Gasteiger partial charge is 0.0937 e. The summed E-state index contributed by atoms with van der Waals surface area (Å²) in [6.07, 6.45) is 1.02. The lowest BCUT2D eigenvalue weighted by Gasteiger charge is -2.16. The van der Waals surface area contributed by atoms with Crippen molar-refractivity contribution in [2.45, 2.75) is 33.1 Å². The molecular weight excluding hydrogens is 252 g/mol. The number of aromatic nitrogens is 1. The highest BCUT2D eigenvalue weighted by Crippen LogP contribution is 2.24. The SMILES string of the molecule is CCNCC(Cc1nc(C)c(C)s1)c1ccccc1. The van der Waals surface area contributed by atoms with Crippen LogP contribution in [0.15, 0.2) is 30.3 Å². The fourth-order valence-corrected chi connectivity index (χ4v) is 3.20. The zero-order valence-electron chi connectivity index (χ0n) is 11.9. The number of aryl methyl sites for hydroxylation is 2. The molecule has 1 atom stereocenters. The van der Waals surface area contributed by atoms with E-state index in [4.69, 9.17) is 0 Å². The van der Waals surface area contributed by atoms with Gasteiger partial charge < -0.3 is 5.32 Å². The van der Waals surface area contributed by atoms with Gasteiger partial charge in [-0.2, -0.15) is 0 Å². The molecule has 0 amide bonds. The third-order valence-corrected chi connectivity index (χ3v) is 4.50. The first-order valence-electron chi connectivity index (χ1n) is 6.89. The van der Waals surface area contributed by atoms with Gasteiger partial charge in [-0.25, -0.2) is 4.98 Å². The van der Waals surface area contributed by atoms with Crippen LogP contribution >= 0.6 is 11.3 Å². The first kappa shape index (κ1) is 14.2. The van der Waals surface area contributed by atoms with Crippen LogP contribution in [-0.4, -0.2) is 18.1 Å². The predicted octanol–water partition coefficient (Wildman–Crippen LogP) is 3.70. The maximum atomic E-state index is 4.67. The highest BCUT2D eigenvalue weighted by molar-refractivity contribution is 7.11. The first-order valence-corrected chi connectivity index (χ1v) is 7.71. The molecule has 1 heterocycles. The van der Waals surface area contributed by atoms with Gasteiger partial charge in [0.1, 0.15) is 0 Å². The monoisotopic (exact) mass is 274 g/mol. The van der Waals surface area contributed by atoms with Crippen LogP contribution in [0.25, 0.3) is 0 Å². The number of likely N-dealkylation sites (N-methyl/N-ethyl adjacent to an activating group) is 1. The van der Waals surface area contributed by atoms with Gasteiger partial charge in [-0.1, -0.05) is 37.3 Å². The third kappa shape index (κ3) is 3.88. The summed E-state index contributed by atoms with van der Waals surface area (Å²) < 4.78 is 0. The Bertz CT molecular complexity index is 485. The molecule has 0 aliphatic heterocycles. The third-order valence-electron chi connectivity index (χ3n) is 3.41. The van der Waals surface area contributed by atoms with Crippen molar-refractivity contribution in [3.63, 3.8) is 0 Å². The molecule has 0 saturated carbocycles. The average Bonchev–Trinajstić information content (AvgIpc) is 2.74. The van der Waals surface area contributed by atoms with Crippen LogP contribution in [0.3, 0.4) is 0 Å². The lowest BCUT2D eigenvalue weighted by Crippen LogP contribution is -2.22. The van der Waals surface area contributed by atoms with Gasteiger partial charge in [-0.15, -0.1) is 11.3 Å². The second-order valence-corrected chi connectivity index (χ2v) is 6.16. The Labute approximate surface area is 119 Å². The van der Waals surface area contributed by atoms with E-state index in [2.05, 4.69) is 61.4 Å². The van der Waals surface area contributed by atoms with Crippen LogP contribution in [-0.2, 0) is 6.42 Å². The van der Waals surface area contributed by atoms with Crippen LogP contribution in [0, 0.1) is 13.8 Å². The Hall–Kier alpha value is -1.19. The van der Waals surface area contributed by atoms with E-state index in [1.54, 1.807) is 0 Å². The molecule has 0 aliphatic rings. The summed E-state index contributed by atoms with van der Waals surface area (Å²) in [5.41, 5.74) is 2.57. The van der Waals surface area contributed by atoms with Gasteiger partial charge in [0.05, 0.1) is 10.7 Å². The maximum Gasteiger partial charge on any atom is 0.0937 e. The Morgan fingerprint density at radius 3 is 2.53 bits per heavy atom. The number of hydrogen-bond donors (Lipinski definition) is 1. The van der Waals surface area contributed by atoms with Crippen LogP contribution in [0.4, 0.5) is 0 Å². The number of rotatable bonds is 6. The minimum atomic E-state index is 0.506. The largest absolute Gasteiger partial charge is 0.316 e. The van der Waals surface area contributed by atoms with Gasteiger partial charge in [0.15, 0.2) is 0 Å². The minimum Gasteiger partial charge on any atom is -0.316 e. The van der Waals surface area contributed by atoms with E-state index in [1.807, 2.05) is 11.3 Å². The molecule has 102 valence electrons. The molecule has 0 bridgehead atoms. The quantitative estimate of drug-likeness (QED) is 0.869. The summed E-state index contributed by atoms with van der Waals surface area (Å²) in [6.45, 7) is 8.42. The highest BCUT2D eigenvalue weighted by Gasteiger charge is 2.14. The minimum absolute atomic E-state index is 0.506. The molecule has 0 saturated heterocycles. The van der Waals surface area contributed by atoms with E-state index in [1.165, 1.54) is 21.1 Å². The van der Waals surface area contributed by atoms with Crippen LogP contribution in [0.5, 0.6) is 0 Å². The van der Waals surface area contributed by atoms with Crippen LogP contribution in [0.1, 0.15) is 34.0 Å². The Kier molecular flexibility index (Phi) is 5.11. The molecule has 19 heavy (non-hydrogen) atoms. The van der Waals surface area contributed by atoms with Gasteiger partial charge in [-0.05, 0) is 26.0 Å². The molecule has 2 rings (SSSR count). The zero-order valence-corrected chi connectivity index (χ0v) is 12.8. The maximum absolute atomic E-state index is 4.67. The van der Waals surface area contributed by atoms with Crippen molar-refractivity contribution in [2.24, 2.45) is 0 Å². The molecule has 0 spiro atoms. The van der Waals surface area contributed by atoms with Gasteiger partial charge in [0, 0.05) is 23.8 Å². The summed E-state index contributed by atoms with van der Waals surface area (Å²) in [5, 5.41) is 4.72. The number of benzene rings is 1. The van der Waals surface area contributed by atoms with E-state index in [-0.39, 0.29) is 0 Å². The Morgan fingerprint density at radius 2 is 1.95 bits per heavy atom. The van der Waals surface area contributed by atoms with Crippen molar-refractivity contribution in [3.8, 4) is 0 Å². The van der Waals surface area contributed by atoms with Crippen molar-refractivity contribution >= 4 is 11.3 Å². The molecular formula is C16H22N2S. The fraction of sp³-hybridized carbons (Fsp3) is 0.438. The first-order chi connectivity index (χ1) is 9.20. The summed E-state index contributed by atoms with van der Waals surface area (Å²) in [5.74, 6) is 0.506. The Morgan fingerprint density at radius 1 is 1.21 bits per heavy atom. The molecule has 1 N–H and O–H groups in total. The molecule has 1 unspecified atom stereocenters. The van der Waals surface area contributed by atoms with E-state index >= 15 is 0 Å². The number of nitrogens with zero attached hydrogens (tertiary/aromatic N) is 1. The van der Waals surface area contributed by atoms with Crippen molar-refractivity contribution in [1.29, 1.82) is 0 Å². The summed E-state index contributed by atoms with van der Waals surface area (Å²) in [4.78, 5) is 6.01. The predicted molar refractivity (Wildman–Crippen MR) is 83.0 cm³/mol. The molecule has 1 aromatic carbocycles. The topological polar surface area (TPSA) is 24.9 Å². The molecule has 1 aromatic heterocycles. The van der Waals surface area contributed by atoms with Gasteiger partial charge >= 0.3 is 0 Å². The van der Waals surface area contributed by atoms with Gasteiger partial charge in [-0.3, -0.25) is 0 Å². The molecule has 0 fully saturated rings. The van der Waals surface area contributed by atoms with Crippen molar-refractivity contribution in [2.75, 3.05) is 13.1 Å². The van der Waals surface area contributed by atoms with Crippen molar-refractivity contribution in [3.05, 3.63) is 51.5 Å². The lowest BCUT2D eigenvalue weighted by molar-refractivity contribution is 0.593. The molecule has 2 aromatic rings. The van der Waals surface area contributed by atoms with Crippen molar-refractivity contribution in [1.82, 2.24) is 10.3 Å². The van der Waals surface area contributed by atoms with Gasteiger partial charge in [0.2, 0.25) is 0 Å². The van der Waals surface area contributed by atoms with Crippen LogP contribution < -0.4 is 5.32 Å². The number of nitrogens with one attached hydrogen (secondary N) is 1. The van der Waals surface area contributed by atoms with E-state index < -0.39 is 0 Å². The van der Waals surface area contributed by atoms with E-state index in [0.717, 1.165) is 19.5 Å². The average molecular weight is 274 g/mol. The zero-order chi connectivity index (χ0) is 13.7. The molecule has 2 nitrogen and oxygen atoms in total. The second-order valence-electron chi connectivity index (χ2n) is 4.87. The number of thiazole rings is 1. The van der Waals surface area contributed by atoms with E-state index in [0.29, 0.717) is 5.92 Å². The highest BCUT2D eigenvalue weighted by atomic mass is 32.1. The summed E-state index contributed by atoms with van der Waals surface area (Å²) in [6, 6.07) is 10.7.